The number of aryl methyl sites for hydroxylation is 1. The first-order valence-electron chi connectivity index (χ1n) is 8.92. The van der Waals surface area contributed by atoms with Crippen molar-refractivity contribution in [3.05, 3.63) is 41.5 Å². The molecule has 9 nitrogen and oxygen atoms in total. The number of hydrogen-bond acceptors (Lipinski definition) is 6. The second-order valence-corrected chi connectivity index (χ2v) is 8.73. The van der Waals surface area contributed by atoms with Crippen LogP contribution in [0.25, 0.3) is 0 Å². The second kappa shape index (κ2) is 9.18. The zero-order chi connectivity index (χ0) is 23.4. The highest BCUT2D eigenvalue weighted by atomic mass is 32.2. The number of fused-ring (bicyclic) bond motifs is 1. The van der Waals surface area contributed by atoms with E-state index in [1.54, 1.807) is 19.9 Å². The highest BCUT2D eigenvalue weighted by molar-refractivity contribution is 7.89. The van der Waals surface area contributed by atoms with Crippen LogP contribution in [0, 0.1) is 29.5 Å². The van der Waals surface area contributed by atoms with Gasteiger partial charge in [-0.3, -0.25) is 4.79 Å². The SMILES string of the molecule is C#CC(C)(C)O.Cn1cc2c(c1C(=O)Nc1ccc(F)c(C#N)c1)OCCNS2(=O)=O. The van der Waals surface area contributed by atoms with E-state index < -0.39 is 27.3 Å². The lowest BCUT2D eigenvalue weighted by molar-refractivity contribution is 0.101. The molecule has 1 aliphatic heterocycles. The van der Waals surface area contributed by atoms with Crippen LogP contribution in [0.5, 0.6) is 5.75 Å². The van der Waals surface area contributed by atoms with Crippen molar-refractivity contribution in [2.45, 2.75) is 24.3 Å². The zero-order valence-corrected chi connectivity index (χ0v) is 17.9. The molecular formula is C20H21FN4O5S. The van der Waals surface area contributed by atoms with Crippen molar-refractivity contribution in [1.82, 2.24) is 9.29 Å². The molecule has 164 valence electrons. The number of aliphatic hydroxyl groups is 1. The Labute approximate surface area is 179 Å². The molecule has 0 unspecified atom stereocenters. The summed E-state index contributed by atoms with van der Waals surface area (Å²) in [6.07, 6.45) is 6.09. The molecule has 0 bridgehead atoms. The summed E-state index contributed by atoms with van der Waals surface area (Å²) in [6.45, 7) is 3.29. The Morgan fingerprint density at radius 1 is 1.45 bits per heavy atom. The van der Waals surface area contributed by atoms with E-state index in [0.29, 0.717) is 0 Å². The maximum absolute atomic E-state index is 13.4. The van der Waals surface area contributed by atoms with Gasteiger partial charge in [0.25, 0.3) is 5.91 Å². The molecule has 0 saturated carbocycles. The molecule has 0 saturated heterocycles. The summed E-state index contributed by atoms with van der Waals surface area (Å²) in [5.74, 6) is 0.769. The summed E-state index contributed by atoms with van der Waals surface area (Å²) in [5, 5.41) is 20.0. The summed E-state index contributed by atoms with van der Waals surface area (Å²) >= 11 is 0. The van der Waals surface area contributed by atoms with E-state index in [0.717, 1.165) is 6.07 Å². The van der Waals surface area contributed by atoms with Crippen molar-refractivity contribution in [2.75, 3.05) is 18.5 Å². The molecule has 1 aromatic carbocycles. The largest absolute Gasteiger partial charge is 0.488 e. The minimum absolute atomic E-state index is 0.00473. The molecule has 0 radical (unpaired) electrons. The number of terminal acetylenes is 1. The van der Waals surface area contributed by atoms with Gasteiger partial charge in [0.1, 0.15) is 29.0 Å². The number of sulfonamides is 1. The smallest absolute Gasteiger partial charge is 0.276 e. The molecule has 0 atom stereocenters. The van der Waals surface area contributed by atoms with E-state index in [-0.39, 0.29) is 40.7 Å². The lowest BCUT2D eigenvalue weighted by atomic mass is 10.2. The molecule has 3 N–H and O–H groups in total. The van der Waals surface area contributed by atoms with Gasteiger partial charge in [0.05, 0.1) is 5.56 Å². The Bertz CT molecular complexity index is 1180. The average Bonchev–Trinajstić information content (AvgIpc) is 2.96. The van der Waals surface area contributed by atoms with Crippen LogP contribution in [0.2, 0.25) is 0 Å². The molecule has 2 aromatic rings. The fourth-order valence-electron chi connectivity index (χ4n) is 2.46. The predicted octanol–water partition coefficient (Wildman–Crippen LogP) is 1.35. The molecule has 2 heterocycles. The van der Waals surface area contributed by atoms with Crippen LogP contribution >= 0.6 is 0 Å². The molecule has 0 fully saturated rings. The third kappa shape index (κ3) is 5.83. The Kier molecular flexibility index (Phi) is 7.08. The number of nitrogens with one attached hydrogen (secondary N) is 2. The van der Waals surface area contributed by atoms with E-state index in [1.165, 1.54) is 29.9 Å². The van der Waals surface area contributed by atoms with Gasteiger partial charge in [-0.15, -0.1) is 6.42 Å². The van der Waals surface area contributed by atoms with E-state index in [1.807, 2.05) is 0 Å². The summed E-state index contributed by atoms with van der Waals surface area (Å²) in [6, 6.07) is 5.23. The van der Waals surface area contributed by atoms with Crippen LogP contribution in [0.4, 0.5) is 10.1 Å². The van der Waals surface area contributed by atoms with Gasteiger partial charge in [-0.1, -0.05) is 5.92 Å². The van der Waals surface area contributed by atoms with E-state index in [4.69, 9.17) is 21.5 Å². The number of nitriles is 1. The number of rotatable bonds is 2. The summed E-state index contributed by atoms with van der Waals surface area (Å²) in [7, 11) is -2.26. The molecule has 1 aliphatic rings. The first-order chi connectivity index (χ1) is 14.4. The van der Waals surface area contributed by atoms with Crippen LogP contribution in [-0.2, 0) is 17.1 Å². The normalized spacial score (nSPS) is 14.4. The van der Waals surface area contributed by atoms with Crippen molar-refractivity contribution < 1.29 is 27.4 Å². The van der Waals surface area contributed by atoms with E-state index >= 15 is 0 Å². The van der Waals surface area contributed by atoms with Gasteiger partial charge in [0.15, 0.2) is 11.4 Å². The number of ether oxygens (including phenoxy) is 1. The number of nitrogens with zero attached hydrogens (tertiary/aromatic N) is 2. The average molecular weight is 448 g/mol. The Morgan fingerprint density at radius 3 is 2.68 bits per heavy atom. The van der Waals surface area contributed by atoms with Gasteiger partial charge in [-0.05, 0) is 32.0 Å². The number of halogens is 1. The third-order valence-electron chi connectivity index (χ3n) is 3.95. The van der Waals surface area contributed by atoms with Gasteiger partial charge in [-0.2, -0.15) is 5.26 Å². The van der Waals surface area contributed by atoms with Gasteiger partial charge < -0.3 is 19.7 Å². The minimum Gasteiger partial charge on any atom is -0.488 e. The predicted molar refractivity (Wildman–Crippen MR) is 110 cm³/mol. The Morgan fingerprint density at radius 2 is 2.10 bits per heavy atom. The lowest BCUT2D eigenvalue weighted by Gasteiger charge is -2.09. The molecule has 3 rings (SSSR count). The fraction of sp³-hybridized carbons (Fsp3) is 0.300. The molecule has 1 aromatic heterocycles. The Hall–Kier alpha value is -3.38. The van der Waals surface area contributed by atoms with Gasteiger partial charge in [-0.25, -0.2) is 17.5 Å². The standard InChI is InChI=1S/C15H13FN4O4S.C5H8O/c1-20-8-12-14(24-5-4-18-25(12,22)23)13(20)15(21)19-10-2-3-11(16)9(6-10)7-17;1-4-5(2,3)6/h2-3,6,8,18H,4-5H2,1H3,(H,19,21);1,6H,2-3H3. The van der Waals surface area contributed by atoms with Gasteiger partial charge in [0.2, 0.25) is 10.0 Å². The fourth-order valence-corrected chi connectivity index (χ4v) is 3.66. The monoisotopic (exact) mass is 448 g/mol. The summed E-state index contributed by atoms with van der Waals surface area (Å²) in [4.78, 5) is 12.4. The maximum atomic E-state index is 13.4. The van der Waals surface area contributed by atoms with E-state index in [9.17, 15) is 17.6 Å². The van der Waals surface area contributed by atoms with Crippen molar-refractivity contribution >= 4 is 21.6 Å². The molecule has 31 heavy (non-hydrogen) atoms. The number of amides is 1. The van der Waals surface area contributed by atoms with Crippen LogP contribution in [0.1, 0.15) is 29.9 Å². The number of aromatic nitrogens is 1. The Balaban J connectivity index is 0.000000501. The minimum atomic E-state index is -3.77. The molecule has 0 spiro atoms. The second-order valence-electron chi connectivity index (χ2n) is 6.99. The first-order valence-corrected chi connectivity index (χ1v) is 10.4. The molecule has 0 aliphatic carbocycles. The molecular weight excluding hydrogens is 427 g/mol. The van der Waals surface area contributed by atoms with Crippen LogP contribution < -0.4 is 14.8 Å². The maximum Gasteiger partial charge on any atom is 0.276 e. The van der Waals surface area contributed by atoms with Crippen molar-refractivity contribution in [2.24, 2.45) is 7.05 Å². The quantitative estimate of drug-likeness (QED) is 0.594. The number of benzene rings is 1. The van der Waals surface area contributed by atoms with E-state index in [2.05, 4.69) is 16.0 Å². The topological polar surface area (TPSA) is 133 Å². The first kappa shape index (κ1) is 23.9. The number of carbonyl (C=O) groups is 1. The molecule has 1 amide bonds. The zero-order valence-electron chi connectivity index (χ0n) is 17.1. The van der Waals surface area contributed by atoms with Gasteiger partial charge in [0, 0.05) is 25.5 Å². The number of carbonyl (C=O) groups excluding carboxylic acids is 1. The molecule has 11 heteroatoms. The number of anilines is 1. The van der Waals surface area contributed by atoms with Crippen LogP contribution in [0.3, 0.4) is 0 Å². The summed E-state index contributed by atoms with van der Waals surface area (Å²) in [5.41, 5.74) is -0.941. The number of hydrogen-bond donors (Lipinski definition) is 3. The van der Waals surface area contributed by atoms with Crippen molar-refractivity contribution in [3.63, 3.8) is 0 Å². The van der Waals surface area contributed by atoms with Crippen molar-refractivity contribution in [1.29, 1.82) is 5.26 Å². The lowest BCUT2D eigenvalue weighted by Crippen LogP contribution is -2.25. The van der Waals surface area contributed by atoms with Crippen molar-refractivity contribution in [3.8, 4) is 24.2 Å². The highest BCUT2D eigenvalue weighted by Gasteiger charge is 2.31. The third-order valence-corrected chi connectivity index (χ3v) is 5.40. The summed E-state index contributed by atoms with van der Waals surface area (Å²) < 4.78 is 46.8. The van der Waals surface area contributed by atoms with Crippen LogP contribution in [0.15, 0.2) is 29.3 Å². The van der Waals surface area contributed by atoms with Crippen LogP contribution in [-0.4, -0.2) is 42.8 Å². The highest BCUT2D eigenvalue weighted by Crippen LogP contribution is 2.32. The van der Waals surface area contributed by atoms with Gasteiger partial charge >= 0.3 is 0 Å².